The summed E-state index contributed by atoms with van der Waals surface area (Å²) in [4.78, 5) is 22.6. The Kier molecular flexibility index (Phi) is 6.00. The van der Waals surface area contributed by atoms with Gasteiger partial charge >= 0.3 is 18.1 Å². The monoisotopic (exact) mass is 420 g/mol. The predicted molar refractivity (Wildman–Crippen MR) is 105 cm³/mol. The molecule has 2 aromatic carbocycles. The van der Waals surface area contributed by atoms with E-state index in [0.717, 1.165) is 5.56 Å². The second kappa shape index (κ2) is 8.48. The van der Waals surface area contributed by atoms with Gasteiger partial charge in [0.2, 0.25) is 0 Å². The molecule has 0 aliphatic carbocycles. The van der Waals surface area contributed by atoms with Crippen LogP contribution in [0.5, 0.6) is 5.75 Å². The standard InChI is InChI=1S/C21H19F3N2O4/c1-2-14-19(25-20(29)21(22,23)24)18-15(9-6-10-16(18)30-12-17(27)28)26(14)11-13-7-4-3-5-8-13/h3-10H,2,11-12H2,1H3,(H,25,29)(H,27,28). The molecule has 9 heteroatoms. The summed E-state index contributed by atoms with van der Waals surface area (Å²) in [6.07, 6.45) is -4.75. The zero-order chi connectivity index (χ0) is 21.9. The first-order valence-electron chi connectivity index (χ1n) is 9.13. The van der Waals surface area contributed by atoms with E-state index in [1.165, 1.54) is 6.07 Å². The fraction of sp³-hybridized carbons (Fsp3) is 0.238. The van der Waals surface area contributed by atoms with Gasteiger partial charge in [-0.1, -0.05) is 43.3 Å². The van der Waals surface area contributed by atoms with Gasteiger partial charge < -0.3 is 19.7 Å². The number of ether oxygens (including phenoxy) is 1. The molecule has 0 aliphatic rings. The number of rotatable bonds is 7. The number of hydrogen-bond donors (Lipinski definition) is 2. The van der Waals surface area contributed by atoms with Crippen molar-refractivity contribution in [3.05, 3.63) is 59.8 Å². The van der Waals surface area contributed by atoms with Gasteiger partial charge in [0, 0.05) is 12.2 Å². The molecule has 0 spiro atoms. The number of aromatic nitrogens is 1. The Morgan fingerprint density at radius 2 is 1.80 bits per heavy atom. The van der Waals surface area contributed by atoms with Gasteiger partial charge in [0.05, 0.1) is 16.6 Å². The molecule has 0 saturated heterocycles. The number of benzene rings is 2. The molecule has 3 rings (SSSR count). The zero-order valence-corrected chi connectivity index (χ0v) is 16.0. The molecule has 0 bridgehead atoms. The molecule has 3 aromatic rings. The van der Waals surface area contributed by atoms with Crippen LogP contribution < -0.4 is 10.1 Å². The van der Waals surface area contributed by atoms with Gasteiger partial charge in [0.25, 0.3) is 0 Å². The van der Waals surface area contributed by atoms with Crippen molar-refractivity contribution in [3.63, 3.8) is 0 Å². The van der Waals surface area contributed by atoms with Gasteiger partial charge in [-0.2, -0.15) is 13.2 Å². The van der Waals surface area contributed by atoms with E-state index in [1.54, 1.807) is 23.6 Å². The first kappa shape index (κ1) is 21.2. The number of halogens is 3. The molecule has 0 aliphatic heterocycles. The summed E-state index contributed by atoms with van der Waals surface area (Å²) in [5.74, 6) is -3.26. The summed E-state index contributed by atoms with van der Waals surface area (Å²) in [5.41, 5.74) is 1.87. The number of alkyl halides is 3. The Balaban J connectivity index is 2.21. The highest BCUT2D eigenvalue weighted by atomic mass is 19.4. The molecule has 0 fully saturated rings. The molecule has 0 unspecified atom stereocenters. The smallest absolute Gasteiger partial charge is 0.471 e. The number of nitrogens with zero attached hydrogens (tertiary/aromatic N) is 1. The average molecular weight is 420 g/mol. The summed E-state index contributed by atoms with van der Waals surface area (Å²) in [6, 6.07) is 14.1. The number of aliphatic carboxylic acids is 1. The molecule has 0 atom stereocenters. The predicted octanol–water partition coefficient (Wildman–Crippen LogP) is 4.22. The number of carboxylic acids is 1. The van der Waals surface area contributed by atoms with E-state index in [1.807, 2.05) is 35.6 Å². The fourth-order valence-corrected chi connectivity index (χ4v) is 3.31. The Bertz CT molecular complexity index is 1080. The Labute approximate surface area is 169 Å². The maximum Gasteiger partial charge on any atom is 0.471 e. The first-order valence-corrected chi connectivity index (χ1v) is 9.13. The number of fused-ring (bicyclic) bond motifs is 1. The van der Waals surface area contributed by atoms with Crippen LogP contribution in [0.15, 0.2) is 48.5 Å². The number of carboxylic acid groups (broad SMARTS) is 1. The van der Waals surface area contributed by atoms with Crippen molar-refractivity contribution < 1.29 is 32.6 Å². The average Bonchev–Trinajstić information content (AvgIpc) is 2.99. The molecule has 30 heavy (non-hydrogen) atoms. The number of nitrogens with one attached hydrogen (secondary N) is 1. The third-order valence-electron chi connectivity index (χ3n) is 4.52. The molecule has 1 aromatic heterocycles. The minimum absolute atomic E-state index is 0.0354. The highest BCUT2D eigenvalue weighted by molar-refractivity contribution is 6.07. The molecule has 1 amide bonds. The number of hydrogen-bond acceptors (Lipinski definition) is 3. The number of anilines is 1. The third-order valence-corrected chi connectivity index (χ3v) is 4.52. The van der Waals surface area contributed by atoms with Crippen molar-refractivity contribution in [3.8, 4) is 5.75 Å². The van der Waals surface area contributed by atoms with Crippen LogP contribution in [-0.4, -0.2) is 34.3 Å². The zero-order valence-electron chi connectivity index (χ0n) is 16.0. The highest BCUT2D eigenvalue weighted by Crippen LogP contribution is 2.39. The van der Waals surface area contributed by atoms with E-state index in [2.05, 4.69) is 0 Å². The van der Waals surface area contributed by atoms with Crippen LogP contribution in [0, 0.1) is 0 Å². The largest absolute Gasteiger partial charge is 0.481 e. The van der Waals surface area contributed by atoms with Crippen LogP contribution in [-0.2, 0) is 22.6 Å². The quantitative estimate of drug-likeness (QED) is 0.600. The number of amides is 1. The normalized spacial score (nSPS) is 11.5. The molecule has 0 saturated carbocycles. The minimum Gasteiger partial charge on any atom is -0.481 e. The maximum atomic E-state index is 13.0. The van der Waals surface area contributed by atoms with E-state index in [0.29, 0.717) is 24.2 Å². The lowest BCUT2D eigenvalue weighted by Crippen LogP contribution is -2.30. The summed E-state index contributed by atoms with van der Waals surface area (Å²) in [6.45, 7) is 1.44. The highest BCUT2D eigenvalue weighted by Gasteiger charge is 2.40. The van der Waals surface area contributed by atoms with E-state index in [9.17, 15) is 22.8 Å². The summed E-state index contributed by atoms with van der Waals surface area (Å²) in [5, 5.41) is 11.1. The van der Waals surface area contributed by atoms with Crippen LogP contribution in [0.3, 0.4) is 0 Å². The number of carbonyl (C=O) groups excluding carboxylic acids is 1. The second-order valence-electron chi connectivity index (χ2n) is 6.53. The molecule has 1 heterocycles. The fourth-order valence-electron chi connectivity index (χ4n) is 3.31. The van der Waals surface area contributed by atoms with Crippen molar-refractivity contribution in [2.75, 3.05) is 11.9 Å². The van der Waals surface area contributed by atoms with Gasteiger partial charge in [0.1, 0.15) is 5.75 Å². The van der Waals surface area contributed by atoms with Crippen LogP contribution in [0.1, 0.15) is 18.2 Å². The van der Waals surface area contributed by atoms with Gasteiger partial charge in [-0.25, -0.2) is 4.79 Å². The van der Waals surface area contributed by atoms with E-state index in [4.69, 9.17) is 9.84 Å². The second-order valence-corrected chi connectivity index (χ2v) is 6.53. The van der Waals surface area contributed by atoms with Crippen molar-refractivity contribution >= 4 is 28.5 Å². The third kappa shape index (κ3) is 4.40. The van der Waals surface area contributed by atoms with Crippen molar-refractivity contribution in [1.82, 2.24) is 4.57 Å². The molecular weight excluding hydrogens is 401 g/mol. The van der Waals surface area contributed by atoms with Gasteiger partial charge in [0.15, 0.2) is 6.61 Å². The van der Waals surface area contributed by atoms with Crippen LogP contribution in [0.2, 0.25) is 0 Å². The lowest BCUT2D eigenvalue weighted by Gasteiger charge is -2.12. The van der Waals surface area contributed by atoms with Crippen LogP contribution >= 0.6 is 0 Å². The first-order chi connectivity index (χ1) is 14.2. The molecular formula is C21H19F3N2O4. The Hall–Kier alpha value is -3.49. The van der Waals surface area contributed by atoms with E-state index < -0.39 is 24.7 Å². The van der Waals surface area contributed by atoms with Crippen molar-refractivity contribution in [2.24, 2.45) is 0 Å². The van der Waals surface area contributed by atoms with Crippen molar-refractivity contribution in [2.45, 2.75) is 26.1 Å². The van der Waals surface area contributed by atoms with Crippen LogP contribution in [0.25, 0.3) is 10.9 Å². The van der Waals surface area contributed by atoms with Gasteiger partial charge in [-0.3, -0.25) is 4.79 Å². The topological polar surface area (TPSA) is 80.6 Å². The molecule has 2 N–H and O–H groups in total. The Morgan fingerprint density at radius 3 is 2.40 bits per heavy atom. The lowest BCUT2D eigenvalue weighted by molar-refractivity contribution is -0.167. The lowest BCUT2D eigenvalue weighted by atomic mass is 10.2. The molecule has 0 radical (unpaired) electrons. The SMILES string of the molecule is CCc1c(NC(=O)C(F)(F)F)c2c(OCC(=O)O)cccc2n1Cc1ccccc1. The maximum absolute atomic E-state index is 13.0. The van der Waals surface area contributed by atoms with Gasteiger partial charge in [-0.15, -0.1) is 0 Å². The van der Waals surface area contributed by atoms with Gasteiger partial charge in [-0.05, 0) is 24.1 Å². The molecule has 158 valence electrons. The summed E-state index contributed by atoms with van der Waals surface area (Å²) < 4.78 is 46.0. The summed E-state index contributed by atoms with van der Waals surface area (Å²) in [7, 11) is 0. The van der Waals surface area contributed by atoms with Crippen LogP contribution in [0.4, 0.5) is 18.9 Å². The summed E-state index contributed by atoms with van der Waals surface area (Å²) >= 11 is 0. The van der Waals surface area contributed by atoms with Crippen molar-refractivity contribution in [1.29, 1.82) is 0 Å². The molecule has 6 nitrogen and oxygen atoms in total. The number of carbonyl (C=O) groups is 2. The Morgan fingerprint density at radius 1 is 1.10 bits per heavy atom. The minimum atomic E-state index is -5.07. The van der Waals surface area contributed by atoms with E-state index in [-0.39, 0.29) is 16.8 Å². The van der Waals surface area contributed by atoms with E-state index >= 15 is 0 Å².